The Balaban J connectivity index is 1.64. The first-order chi connectivity index (χ1) is 12.9. The molecular weight excluding hydrogens is 434 g/mol. The molecular formula is C19H21BrClN3O3. The molecule has 6 nitrogen and oxygen atoms in total. The second-order valence-corrected chi connectivity index (χ2v) is 7.71. The highest BCUT2D eigenvalue weighted by Gasteiger charge is 2.27. The molecule has 3 amide bonds. The van der Waals surface area contributed by atoms with E-state index in [0.717, 1.165) is 0 Å². The first-order valence-electron chi connectivity index (χ1n) is 8.73. The molecule has 0 radical (unpaired) electrons. The normalized spacial score (nSPS) is 14.8. The molecule has 0 saturated carbocycles. The van der Waals surface area contributed by atoms with Crippen LogP contribution in [0.5, 0.6) is 0 Å². The lowest BCUT2D eigenvalue weighted by molar-refractivity contribution is 0.0760. The number of carbonyl (C=O) groups is 2. The van der Waals surface area contributed by atoms with Crippen molar-refractivity contribution in [1.82, 2.24) is 9.80 Å². The van der Waals surface area contributed by atoms with Gasteiger partial charge in [-0.05, 0) is 54.4 Å². The lowest BCUT2D eigenvalue weighted by atomic mass is 10.2. The number of aryl methyl sites for hydroxylation is 2. The number of nitrogens with one attached hydrogen (secondary N) is 1. The molecule has 0 spiro atoms. The van der Waals surface area contributed by atoms with Crippen LogP contribution in [0.3, 0.4) is 0 Å². The maximum absolute atomic E-state index is 12.9. The van der Waals surface area contributed by atoms with Gasteiger partial charge < -0.3 is 19.5 Å². The molecule has 0 unspecified atom stereocenters. The Morgan fingerprint density at radius 3 is 2.48 bits per heavy atom. The highest BCUT2D eigenvalue weighted by atomic mass is 79.9. The van der Waals surface area contributed by atoms with Gasteiger partial charge in [-0.25, -0.2) is 4.79 Å². The fourth-order valence-corrected chi connectivity index (χ4v) is 3.87. The summed E-state index contributed by atoms with van der Waals surface area (Å²) in [7, 11) is 0. The summed E-state index contributed by atoms with van der Waals surface area (Å²) in [5.41, 5.74) is 1.21. The average Bonchev–Trinajstić information content (AvgIpc) is 2.80. The van der Waals surface area contributed by atoms with Crippen molar-refractivity contribution in [3.05, 3.63) is 50.8 Å². The number of benzene rings is 1. The smallest absolute Gasteiger partial charge is 0.321 e. The zero-order chi connectivity index (χ0) is 19.6. The van der Waals surface area contributed by atoms with E-state index in [9.17, 15) is 9.59 Å². The van der Waals surface area contributed by atoms with Crippen molar-refractivity contribution < 1.29 is 14.0 Å². The zero-order valence-corrected chi connectivity index (χ0v) is 17.6. The van der Waals surface area contributed by atoms with Gasteiger partial charge in [0, 0.05) is 36.9 Å². The lowest BCUT2D eigenvalue weighted by Gasteiger charge is -2.22. The summed E-state index contributed by atoms with van der Waals surface area (Å²) < 4.78 is 6.24. The summed E-state index contributed by atoms with van der Waals surface area (Å²) in [6, 6.07) is 6.84. The van der Waals surface area contributed by atoms with E-state index in [1.54, 1.807) is 41.0 Å². The summed E-state index contributed by atoms with van der Waals surface area (Å²) in [4.78, 5) is 28.9. The number of carbonyl (C=O) groups excluding carboxylic acids is 2. The van der Waals surface area contributed by atoms with Crippen LogP contribution in [0.4, 0.5) is 10.5 Å². The number of urea groups is 1. The number of furan rings is 1. The molecule has 0 bridgehead atoms. The molecule has 1 N–H and O–H groups in total. The van der Waals surface area contributed by atoms with E-state index >= 15 is 0 Å². The van der Waals surface area contributed by atoms with Gasteiger partial charge in [-0.1, -0.05) is 17.7 Å². The molecule has 1 saturated heterocycles. The molecule has 1 aliphatic rings. The van der Waals surface area contributed by atoms with E-state index in [-0.39, 0.29) is 11.9 Å². The molecule has 0 atom stereocenters. The Morgan fingerprint density at radius 1 is 1.11 bits per heavy atom. The maximum atomic E-state index is 12.9. The van der Waals surface area contributed by atoms with Gasteiger partial charge in [0.05, 0.1) is 10.0 Å². The second kappa shape index (κ2) is 8.35. The van der Waals surface area contributed by atoms with Crippen molar-refractivity contribution in [2.24, 2.45) is 0 Å². The van der Waals surface area contributed by atoms with Crippen LogP contribution in [-0.4, -0.2) is 47.9 Å². The predicted octanol–water partition coefficient (Wildman–Crippen LogP) is 4.69. The van der Waals surface area contributed by atoms with Crippen LogP contribution in [0, 0.1) is 13.8 Å². The fraction of sp³-hybridized carbons (Fsp3) is 0.368. The Kier molecular flexibility index (Phi) is 6.11. The minimum atomic E-state index is -0.192. The van der Waals surface area contributed by atoms with Crippen molar-refractivity contribution >= 4 is 45.2 Å². The highest BCUT2D eigenvalue weighted by Crippen LogP contribution is 2.28. The van der Waals surface area contributed by atoms with Crippen LogP contribution < -0.4 is 5.32 Å². The molecule has 0 aliphatic carbocycles. The highest BCUT2D eigenvalue weighted by molar-refractivity contribution is 9.10. The summed E-state index contributed by atoms with van der Waals surface area (Å²) in [5, 5.41) is 3.42. The van der Waals surface area contributed by atoms with Crippen LogP contribution in [0.15, 0.2) is 33.2 Å². The minimum Gasteiger partial charge on any atom is -0.465 e. The van der Waals surface area contributed by atoms with Crippen LogP contribution in [-0.2, 0) is 0 Å². The maximum Gasteiger partial charge on any atom is 0.321 e. The summed E-state index contributed by atoms with van der Waals surface area (Å²) in [6.45, 7) is 5.71. The van der Waals surface area contributed by atoms with E-state index < -0.39 is 0 Å². The second-order valence-electron chi connectivity index (χ2n) is 6.48. The van der Waals surface area contributed by atoms with Gasteiger partial charge in [0.2, 0.25) is 0 Å². The van der Waals surface area contributed by atoms with Crippen molar-refractivity contribution in [1.29, 1.82) is 0 Å². The third-order valence-electron chi connectivity index (χ3n) is 4.55. The van der Waals surface area contributed by atoms with Gasteiger partial charge in [-0.3, -0.25) is 4.79 Å². The van der Waals surface area contributed by atoms with E-state index in [1.807, 2.05) is 6.92 Å². The average molecular weight is 455 g/mol. The molecule has 1 aromatic carbocycles. The van der Waals surface area contributed by atoms with Crippen LogP contribution in [0.1, 0.15) is 28.3 Å². The summed E-state index contributed by atoms with van der Waals surface area (Å²) >= 11 is 9.40. The van der Waals surface area contributed by atoms with Crippen molar-refractivity contribution in [2.45, 2.75) is 20.3 Å². The van der Waals surface area contributed by atoms with Crippen LogP contribution in [0.2, 0.25) is 5.02 Å². The van der Waals surface area contributed by atoms with E-state index in [4.69, 9.17) is 16.0 Å². The third kappa shape index (κ3) is 4.47. The number of nitrogens with zero attached hydrogens (tertiary/aromatic N) is 2. The zero-order valence-electron chi connectivity index (χ0n) is 15.2. The first-order valence-corrected chi connectivity index (χ1v) is 9.90. The minimum absolute atomic E-state index is 0.0756. The number of amides is 3. The predicted molar refractivity (Wildman–Crippen MR) is 108 cm³/mol. The van der Waals surface area contributed by atoms with Gasteiger partial charge >= 0.3 is 6.03 Å². The van der Waals surface area contributed by atoms with Gasteiger partial charge in [0.15, 0.2) is 0 Å². The van der Waals surface area contributed by atoms with E-state index in [1.165, 1.54) is 0 Å². The standard InChI is InChI=1S/C19H21BrClN3O3/c1-12-16(17(20)13(2)27-12)18(25)23-7-4-8-24(10-9-23)19(26)22-15-6-3-5-14(21)11-15/h3,5-6,11H,4,7-10H2,1-2H3,(H,22,26). The largest absolute Gasteiger partial charge is 0.465 e. The Morgan fingerprint density at radius 2 is 1.81 bits per heavy atom. The number of hydrogen-bond acceptors (Lipinski definition) is 3. The Hall–Kier alpha value is -1.99. The molecule has 144 valence electrons. The third-order valence-corrected chi connectivity index (χ3v) is 5.74. The van der Waals surface area contributed by atoms with E-state index in [2.05, 4.69) is 21.2 Å². The van der Waals surface area contributed by atoms with E-state index in [0.29, 0.717) is 64.9 Å². The molecule has 1 aliphatic heterocycles. The van der Waals surface area contributed by atoms with Gasteiger partial charge in [0.1, 0.15) is 11.5 Å². The molecule has 2 heterocycles. The first kappa shape index (κ1) is 19.8. The number of halogens is 2. The SMILES string of the molecule is Cc1oc(C)c(C(=O)N2CCCN(C(=O)Nc3cccc(Cl)c3)CC2)c1Br. The Labute approximate surface area is 171 Å². The summed E-state index contributed by atoms with van der Waals surface area (Å²) in [6.07, 6.45) is 0.711. The molecule has 3 rings (SSSR count). The van der Waals surface area contributed by atoms with Crippen molar-refractivity contribution in [3.63, 3.8) is 0 Å². The fourth-order valence-electron chi connectivity index (χ4n) is 3.15. The quantitative estimate of drug-likeness (QED) is 0.716. The lowest BCUT2D eigenvalue weighted by Crippen LogP contribution is -2.39. The topological polar surface area (TPSA) is 65.8 Å². The monoisotopic (exact) mass is 453 g/mol. The van der Waals surface area contributed by atoms with Crippen molar-refractivity contribution in [3.8, 4) is 0 Å². The van der Waals surface area contributed by atoms with Crippen molar-refractivity contribution in [2.75, 3.05) is 31.5 Å². The van der Waals surface area contributed by atoms with Crippen LogP contribution in [0.25, 0.3) is 0 Å². The molecule has 27 heavy (non-hydrogen) atoms. The molecule has 8 heteroatoms. The number of rotatable bonds is 2. The Bertz CT molecular complexity index is 868. The molecule has 1 fully saturated rings. The van der Waals surface area contributed by atoms with Gasteiger partial charge in [0.25, 0.3) is 5.91 Å². The number of anilines is 1. The van der Waals surface area contributed by atoms with Crippen LogP contribution >= 0.6 is 27.5 Å². The molecule has 1 aromatic heterocycles. The summed E-state index contributed by atoms with van der Waals surface area (Å²) in [5.74, 6) is 1.21. The number of hydrogen-bond donors (Lipinski definition) is 1. The molecule has 2 aromatic rings. The van der Waals surface area contributed by atoms with Gasteiger partial charge in [-0.15, -0.1) is 0 Å². The van der Waals surface area contributed by atoms with Gasteiger partial charge in [-0.2, -0.15) is 0 Å².